The Labute approximate surface area is 64.7 Å². The van der Waals surface area contributed by atoms with E-state index >= 15 is 0 Å². The molecule has 1 nitrogen and oxygen atoms in total. The first-order valence-electron chi connectivity index (χ1n) is 3.87. The highest BCUT2D eigenvalue weighted by Crippen LogP contribution is 2.08. The minimum atomic E-state index is 0.542. The third kappa shape index (κ3) is 3.67. The van der Waals surface area contributed by atoms with Gasteiger partial charge in [-0.2, -0.15) is 0 Å². The lowest BCUT2D eigenvalue weighted by atomic mass is 10.0. The van der Waals surface area contributed by atoms with Crippen molar-refractivity contribution in [1.82, 2.24) is 4.90 Å². The maximum atomic E-state index is 3.79. The summed E-state index contributed by atoms with van der Waals surface area (Å²) in [5.41, 5.74) is 0. The second kappa shape index (κ2) is 4.51. The van der Waals surface area contributed by atoms with E-state index in [-0.39, 0.29) is 0 Å². The minimum absolute atomic E-state index is 0.542. The molecule has 10 heavy (non-hydrogen) atoms. The molecule has 0 heterocycles. The molecule has 0 aliphatic rings. The summed E-state index contributed by atoms with van der Waals surface area (Å²) < 4.78 is 0. The van der Waals surface area contributed by atoms with Crippen LogP contribution in [0, 0.1) is 5.92 Å². The Morgan fingerprint density at radius 2 is 1.90 bits per heavy atom. The van der Waals surface area contributed by atoms with Gasteiger partial charge in [-0.3, -0.25) is 0 Å². The average Bonchev–Trinajstić information content (AvgIpc) is 1.81. The van der Waals surface area contributed by atoms with Gasteiger partial charge in [-0.05, 0) is 26.4 Å². The fraction of sp³-hybridized carbons (Fsp3) is 0.778. The molecule has 0 bridgehead atoms. The molecule has 1 heteroatoms. The molecule has 0 aromatic carbocycles. The van der Waals surface area contributed by atoms with Crippen LogP contribution >= 0.6 is 0 Å². The predicted molar refractivity (Wildman–Crippen MR) is 47.1 cm³/mol. The van der Waals surface area contributed by atoms with Gasteiger partial charge in [0.2, 0.25) is 0 Å². The van der Waals surface area contributed by atoms with E-state index in [2.05, 4.69) is 39.4 Å². The molecular weight excluding hydrogens is 122 g/mol. The molecule has 1 unspecified atom stereocenters. The van der Waals surface area contributed by atoms with Crippen molar-refractivity contribution >= 4 is 0 Å². The first-order chi connectivity index (χ1) is 4.57. The van der Waals surface area contributed by atoms with Gasteiger partial charge in [0, 0.05) is 6.04 Å². The topological polar surface area (TPSA) is 3.24 Å². The van der Waals surface area contributed by atoms with E-state index in [1.807, 2.05) is 6.08 Å². The van der Waals surface area contributed by atoms with Crippen LogP contribution in [-0.4, -0.2) is 25.0 Å². The van der Waals surface area contributed by atoms with Crippen LogP contribution in [0.15, 0.2) is 12.7 Å². The minimum Gasteiger partial charge on any atom is -0.303 e. The SMILES string of the molecule is C=CC(CC(C)C)N(C)C. The van der Waals surface area contributed by atoms with E-state index < -0.39 is 0 Å². The number of nitrogens with zero attached hydrogens (tertiary/aromatic N) is 1. The molecule has 0 fully saturated rings. The molecule has 0 rings (SSSR count). The molecular formula is C9H19N. The van der Waals surface area contributed by atoms with E-state index in [9.17, 15) is 0 Å². The Kier molecular flexibility index (Phi) is 4.37. The van der Waals surface area contributed by atoms with Crippen molar-refractivity contribution in [3.8, 4) is 0 Å². The monoisotopic (exact) mass is 141 g/mol. The largest absolute Gasteiger partial charge is 0.303 e. The van der Waals surface area contributed by atoms with Gasteiger partial charge in [0.1, 0.15) is 0 Å². The molecule has 0 N–H and O–H groups in total. The van der Waals surface area contributed by atoms with Gasteiger partial charge in [0.25, 0.3) is 0 Å². The van der Waals surface area contributed by atoms with E-state index in [4.69, 9.17) is 0 Å². The molecule has 0 aromatic rings. The lowest BCUT2D eigenvalue weighted by Crippen LogP contribution is -2.26. The maximum Gasteiger partial charge on any atom is 0.0271 e. The fourth-order valence-electron chi connectivity index (χ4n) is 1.00. The summed E-state index contributed by atoms with van der Waals surface area (Å²) in [6.45, 7) is 8.27. The molecule has 60 valence electrons. The standard InChI is InChI=1S/C9H19N/c1-6-9(10(4)5)7-8(2)3/h6,8-9H,1,7H2,2-5H3. The summed E-state index contributed by atoms with van der Waals surface area (Å²) >= 11 is 0. The molecule has 0 aliphatic heterocycles. The van der Waals surface area contributed by atoms with Gasteiger partial charge in [0.15, 0.2) is 0 Å². The molecule has 0 saturated carbocycles. The molecule has 1 atom stereocenters. The zero-order chi connectivity index (χ0) is 8.15. The number of hydrogen-bond acceptors (Lipinski definition) is 1. The number of likely N-dealkylation sites (N-methyl/N-ethyl adjacent to an activating group) is 1. The normalized spacial score (nSPS) is 14.2. The van der Waals surface area contributed by atoms with E-state index in [0.717, 1.165) is 5.92 Å². The van der Waals surface area contributed by atoms with Crippen LogP contribution in [0.1, 0.15) is 20.3 Å². The van der Waals surface area contributed by atoms with Crippen LogP contribution in [0.3, 0.4) is 0 Å². The lowest BCUT2D eigenvalue weighted by Gasteiger charge is -2.22. The summed E-state index contributed by atoms with van der Waals surface area (Å²) in [6.07, 6.45) is 3.22. The Bertz CT molecular complexity index is 94.9. The molecule has 0 spiro atoms. The highest BCUT2D eigenvalue weighted by atomic mass is 15.1. The van der Waals surface area contributed by atoms with Crippen molar-refractivity contribution in [3.63, 3.8) is 0 Å². The fourth-order valence-corrected chi connectivity index (χ4v) is 1.00. The van der Waals surface area contributed by atoms with Gasteiger partial charge in [-0.15, -0.1) is 6.58 Å². The predicted octanol–water partition coefficient (Wildman–Crippen LogP) is 2.15. The van der Waals surface area contributed by atoms with Crippen molar-refractivity contribution in [2.45, 2.75) is 26.3 Å². The molecule has 0 radical (unpaired) electrons. The van der Waals surface area contributed by atoms with Crippen molar-refractivity contribution in [3.05, 3.63) is 12.7 Å². The van der Waals surface area contributed by atoms with Crippen molar-refractivity contribution in [1.29, 1.82) is 0 Å². The number of rotatable bonds is 4. The van der Waals surface area contributed by atoms with Crippen molar-refractivity contribution in [2.75, 3.05) is 14.1 Å². The van der Waals surface area contributed by atoms with Crippen molar-refractivity contribution < 1.29 is 0 Å². The van der Waals surface area contributed by atoms with Crippen LogP contribution in [0.25, 0.3) is 0 Å². The quantitative estimate of drug-likeness (QED) is 0.542. The third-order valence-electron chi connectivity index (χ3n) is 1.65. The van der Waals surface area contributed by atoms with Crippen LogP contribution in [0.4, 0.5) is 0 Å². The summed E-state index contributed by atoms with van der Waals surface area (Å²) in [6, 6.07) is 0.542. The Morgan fingerprint density at radius 1 is 1.40 bits per heavy atom. The molecule has 0 saturated heterocycles. The van der Waals surface area contributed by atoms with Gasteiger partial charge < -0.3 is 4.90 Å². The van der Waals surface area contributed by atoms with Gasteiger partial charge >= 0.3 is 0 Å². The zero-order valence-corrected chi connectivity index (χ0v) is 7.59. The zero-order valence-electron chi connectivity index (χ0n) is 7.59. The molecule has 0 aromatic heterocycles. The third-order valence-corrected chi connectivity index (χ3v) is 1.65. The smallest absolute Gasteiger partial charge is 0.0271 e. The highest BCUT2D eigenvalue weighted by Gasteiger charge is 2.07. The van der Waals surface area contributed by atoms with Crippen LogP contribution in [-0.2, 0) is 0 Å². The van der Waals surface area contributed by atoms with Crippen LogP contribution in [0.2, 0.25) is 0 Å². The average molecular weight is 141 g/mol. The van der Waals surface area contributed by atoms with E-state index in [0.29, 0.717) is 6.04 Å². The van der Waals surface area contributed by atoms with Crippen molar-refractivity contribution in [2.24, 2.45) is 5.92 Å². The van der Waals surface area contributed by atoms with E-state index in [1.54, 1.807) is 0 Å². The van der Waals surface area contributed by atoms with Gasteiger partial charge in [0.05, 0.1) is 0 Å². The maximum absolute atomic E-state index is 3.79. The molecule has 0 aliphatic carbocycles. The summed E-state index contributed by atoms with van der Waals surface area (Å²) in [4.78, 5) is 2.20. The summed E-state index contributed by atoms with van der Waals surface area (Å²) in [5.74, 6) is 0.755. The Balaban J connectivity index is 3.71. The van der Waals surface area contributed by atoms with Crippen LogP contribution in [0.5, 0.6) is 0 Å². The van der Waals surface area contributed by atoms with Crippen LogP contribution < -0.4 is 0 Å². The van der Waals surface area contributed by atoms with E-state index in [1.165, 1.54) is 6.42 Å². The lowest BCUT2D eigenvalue weighted by molar-refractivity contribution is 0.301. The highest BCUT2D eigenvalue weighted by molar-refractivity contribution is 4.85. The summed E-state index contributed by atoms with van der Waals surface area (Å²) in [7, 11) is 4.18. The second-order valence-electron chi connectivity index (χ2n) is 3.40. The Hall–Kier alpha value is -0.300. The summed E-state index contributed by atoms with van der Waals surface area (Å²) in [5, 5.41) is 0. The second-order valence-corrected chi connectivity index (χ2v) is 3.40. The van der Waals surface area contributed by atoms with Gasteiger partial charge in [-0.25, -0.2) is 0 Å². The number of hydrogen-bond donors (Lipinski definition) is 0. The first-order valence-corrected chi connectivity index (χ1v) is 3.87. The van der Waals surface area contributed by atoms with Gasteiger partial charge in [-0.1, -0.05) is 19.9 Å². The first kappa shape index (κ1) is 9.70. The Morgan fingerprint density at radius 3 is 2.00 bits per heavy atom. The molecule has 0 amide bonds.